The Morgan fingerprint density at radius 3 is 2.31 bits per heavy atom. The van der Waals surface area contributed by atoms with Crippen LogP contribution in [0.3, 0.4) is 0 Å². The van der Waals surface area contributed by atoms with E-state index >= 15 is 0 Å². The molecule has 1 unspecified atom stereocenters. The normalized spacial score (nSPS) is 11.6. The van der Waals surface area contributed by atoms with Crippen molar-refractivity contribution < 1.29 is 0 Å². The number of pyridine rings is 1. The van der Waals surface area contributed by atoms with Gasteiger partial charge in [-0.05, 0) is 38.3 Å². The van der Waals surface area contributed by atoms with Crippen molar-refractivity contribution in [1.82, 2.24) is 4.98 Å². The molecule has 0 aliphatic carbocycles. The van der Waals surface area contributed by atoms with E-state index in [9.17, 15) is 0 Å². The van der Waals surface area contributed by atoms with Gasteiger partial charge in [0.2, 0.25) is 0 Å². The number of hydrogen-bond donors (Lipinski definition) is 1. The van der Waals surface area contributed by atoms with Crippen molar-refractivity contribution in [2.45, 2.75) is 59.4 Å². The maximum atomic E-state index is 5.66. The maximum absolute atomic E-state index is 5.66. The molecule has 0 fully saturated rings. The first-order valence-corrected chi connectivity index (χ1v) is 6.25. The van der Waals surface area contributed by atoms with Gasteiger partial charge in [0.1, 0.15) is 0 Å². The second-order valence-corrected chi connectivity index (χ2v) is 4.29. The van der Waals surface area contributed by atoms with Gasteiger partial charge in [0.25, 0.3) is 0 Å². The predicted molar refractivity (Wildman–Crippen MR) is 71.5 cm³/mol. The first-order valence-electron chi connectivity index (χ1n) is 6.25. The summed E-state index contributed by atoms with van der Waals surface area (Å²) in [4.78, 5) is 4.08. The Kier molecular flexibility index (Phi) is 8.82. The van der Waals surface area contributed by atoms with Gasteiger partial charge in [0.15, 0.2) is 0 Å². The molecule has 2 nitrogen and oxygen atoms in total. The molecule has 0 aliphatic heterocycles. The second-order valence-electron chi connectivity index (χ2n) is 4.29. The molecule has 0 saturated heterocycles. The molecule has 16 heavy (non-hydrogen) atoms. The molecule has 1 atom stereocenters. The minimum atomic E-state index is 0.454. The highest BCUT2D eigenvalue weighted by atomic mass is 14.6. The van der Waals surface area contributed by atoms with E-state index in [2.05, 4.69) is 24.9 Å². The fourth-order valence-corrected chi connectivity index (χ4v) is 1.21. The molecule has 0 aromatic carbocycles. The fraction of sp³-hybridized carbons (Fsp3) is 0.643. The van der Waals surface area contributed by atoms with Crippen molar-refractivity contribution >= 4 is 0 Å². The molecule has 0 saturated carbocycles. The van der Waals surface area contributed by atoms with Gasteiger partial charge in [-0.15, -0.1) is 0 Å². The summed E-state index contributed by atoms with van der Waals surface area (Å²) in [6.07, 6.45) is 6.76. The van der Waals surface area contributed by atoms with Crippen LogP contribution in [0.15, 0.2) is 18.3 Å². The molecule has 92 valence electrons. The van der Waals surface area contributed by atoms with Gasteiger partial charge in [-0.3, -0.25) is 4.98 Å². The van der Waals surface area contributed by atoms with Crippen LogP contribution in [-0.4, -0.2) is 11.0 Å². The summed E-state index contributed by atoms with van der Waals surface area (Å²) in [6.45, 7) is 8.36. The number of aryl methyl sites for hydroxylation is 2. The highest BCUT2D eigenvalue weighted by Gasteiger charge is 1.94. The number of rotatable bonds is 4. The van der Waals surface area contributed by atoms with Crippen molar-refractivity contribution in [1.29, 1.82) is 0 Å². The molecular weight excluding hydrogens is 196 g/mol. The van der Waals surface area contributed by atoms with Gasteiger partial charge in [0, 0.05) is 17.9 Å². The third-order valence-corrected chi connectivity index (χ3v) is 2.51. The molecule has 0 spiro atoms. The average Bonchev–Trinajstić information content (AvgIpc) is 2.30. The molecule has 0 amide bonds. The van der Waals surface area contributed by atoms with Crippen LogP contribution < -0.4 is 5.73 Å². The first kappa shape index (κ1) is 15.1. The molecule has 0 bridgehead atoms. The lowest BCUT2D eigenvalue weighted by atomic mass is 10.1. The Morgan fingerprint density at radius 1 is 1.25 bits per heavy atom. The Labute approximate surface area is 100 Å². The van der Waals surface area contributed by atoms with Crippen molar-refractivity contribution in [3.05, 3.63) is 29.6 Å². The van der Waals surface area contributed by atoms with Gasteiger partial charge >= 0.3 is 0 Å². The van der Waals surface area contributed by atoms with Gasteiger partial charge < -0.3 is 5.73 Å². The van der Waals surface area contributed by atoms with Crippen LogP contribution >= 0.6 is 0 Å². The number of nitrogens with two attached hydrogens (primary N) is 1. The predicted octanol–water partition coefficient (Wildman–Crippen LogP) is 3.61. The lowest BCUT2D eigenvalue weighted by Crippen LogP contribution is -2.17. The van der Waals surface area contributed by atoms with Crippen molar-refractivity contribution in [3.63, 3.8) is 0 Å². The van der Waals surface area contributed by atoms with Crippen LogP contribution in [0, 0.1) is 13.8 Å². The number of unbranched alkanes of at least 4 members (excludes halogenated alkanes) is 1. The van der Waals surface area contributed by atoms with E-state index in [0.717, 1.165) is 12.1 Å². The van der Waals surface area contributed by atoms with Gasteiger partial charge in [-0.2, -0.15) is 0 Å². The van der Waals surface area contributed by atoms with Crippen LogP contribution in [0.2, 0.25) is 0 Å². The van der Waals surface area contributed by atoms with E-state index in [4.69, 9.17) is 5.73 Å². The summed E-state index contributed by atoms with van der Waals surface area (Å²) in [6, 6.07) is 4.52. The zero-order chi connectivity index (χ0) is 12.4. The van der Waals surface area contributed by atoms with Gasteiger partial charge in [-0.1, -0.05) is 32.8 Å². The van der Waals surface area contributed by atoms with Crippen LogP contribution in [-0.2, 0) is 0 Å². The third kappa shape index (κ3) is 8.42. The van der Waals surface area contributed by atoms with Gasteiger partial charge in [-0.25, -0.2) is 0 Å². The van der Waals surface area contributed by atoms with Gasteiger partial charge in [0.05, 0.1) is 0 Å². The zero-order valence-electron chi connectivity index (χ0n) is 11.2. The second kappa shape index (κ2) is 9.34. The maximum Gasteiger partial charge on any atom is 0.0372 e. The minimum absolute atomic E-state index is 0.454. The Hall–Kier alpha value is -0.890. The molecule has 1 rings (SSSR count). The lowest BCUT2D eigenvalue weighted by Gasteiger charge is -2.04. The summed E-state index contributed by atoms with van der Waals surface area (Å²) in [7, 11) is 0. The van der Waals surface area contributed by atoms with Crippen LogP contribution in [0.25, 0.3) is 0 Å². The van der Waals surface area contributed by atoms with E-state index in [1.807, 2.05) is 26.1 Å². The largest absolute Gasteiger partial charge is 0.328 e. The molecule has 2 N–H and O–H groups in total. The van der Waals surface area contributed by atoms with E-state index in [1.54, 1.807) is 0 Å². The smallest absolute Gasteiger partial charge is 0.0372 e. The quantitative estimate of drug-likeness (QED) is 0.845. The summed E-state index contributed by atoms with van der Waals surface area (Å²) < 4.78 is 0. The lowest BCUT2D eigenvalue weighted by molar-refractivity contribution is 0.562. The summed E-state index contributed by atoms with van der Waals surface area (Å²) in [5, 5.41) is 0. The molecule has 0 aliphatic rings. The molecule has 1 aromatic heterocycles. The summed E-state index contributed by atoms with van der Waals surface area (Å²) >= 11 is 0. The number of hydrogen-bond acceptors (Lipinski definition) is 2. The third-order valence-electron chi connectivity index (χ3n) is 2.51. The number of nitrogens with zero attached hydrogens (tertiary/aromatic N) is 1. The Bertz CT molecular complexity index is 233. The standard InChI is InChI=1S/C7H9N.C7H17N/c1-6-3-4-7(2)8-5-6;1-3-5-6-7(8)4-2/h3-5H,1-2H3;7H,3-6,8H2,1-2H3. The van der Waals surface area contributed by atoms with E-state index < -0.39 is 0 Å². The zero-order valence-corrected chi connectivity index (χ0v) is 11.2. The SMILES string of the molecule is CCCCC(N)CC.Cc1ccc(C)nc1. The topological polar surface area (TPSA) is 38.9 Å². The molecule has 2 heteroatoms. The highest BCUT2D eigenvalue weighted by molar-refractivity contribution is 5.10. The van der Waals surface area contributed by atoms with E-state index in [0.29, 0.717) is 6.04 Å². The van der Waals surface area contributed by atoms with Crippen LogP contribution in [0.4, 0.5) is 0 Å². The molecule has 0 radical (unpaired) electrons. The molecule has 1 aromatic rings. The van der Waals surface area contributed by atoms with E-state index in [-0.39, 0.29) is 0 Å². The van der Waals surface area contributed by atoms with Crippen molar-refractivity contribution in [2.24, 2.45) is 5.73 Å². The Balaban J connectivity index is 0.000000281. The van der Waals surface area contributed by atoms with Crippen LogP contribution in [0.5, 0.6) is 0 Å². The van der Waals surface area contributed by atoms with Crippen molar-refractivity contribution in [2.75, 3.05) is 0 Å². The summed E-state index contributed by atoms with van der Waals surface area (Å²) in [5.74, 6) is 0. The highest BCUT2D eigenvalue weighted by Crippen LogP contribution is 1.99. The Morgan fingerprint density at radius 2 is 1.94 bits per heavy atom. The van der Waals surface area contributed by atoms with E-state index in [1.165, 1.54) is 24.8 Å². The molecule has 1 heterocycles. The van der Waals surface area contributed by atoms with Crippen LogP contribution in [0.1, 0.15) is 50.8 Å². The fourth-order valence-electron chi connectivity index (χ4n) is 1.21. The minimum Gasteiger partial charge on any atom is -0.328 e. The summed E-state index contributed by atoms with van der Waals surface area (Å²) in [5.41, 5.74) is 7.96. The number of aromatic nitrogens is 1. The molecular formula is C14H26N2. The first-order chi connectivity index (χ1) is 7.60. The van der Waals surface area contributed by atoms with Crippen molar-refractivity contribution in [3.8, 4) is 0 Å². The average molecular weight is 222 g/mol. The monoisotopic (exact) mass is 222 g/mol.